The minimum Gasteiger partial charge on any atom is -0.382 e. The minimum atomic E-state index is -0.583. The maximum atomic E-state index is 13.3. The predicted octanol–water partition coefficient (Wildman–Crippen LogP) is 1.20. The Morgan fingerprint density at radius 2 is 2.17 bits per heavy atom. The SMILES string of the molecule is Nc1cc(C(=O)NCc2cc(F)ccc2F)[nH]n1. The first-order valence-electron chi connectivity index (χ1n) is 5.09. The van der Waals surface area contributed by atoms with Crippen LogP contribution in [-0.2, 0) is 6.54 Å². The molecule has 18 heavy (non-hydrogen) atoms. The lowest BCUT2D eigenvalue weighted by Crippen LogP contribution is -2.23. The lowest BCUT2D eigenvalue weighted by atomic mass is 10.2. The fraction of sp³-hybridized carbons (Fsp3) is 0.0909. The molecule has 0 aliphatic rings. The predicted molar refractivity (Wildman–Crippen MR) is 60.5 cm³/mol. The van der Waals surface area contributed by atoms with E-state index in [0.29, 0.717) is 0 Å². The topological polar surface area (TPSA) is 83.8 Å². The van der Waals surface area contributed by atoms with Gasteiger partial charge in [0.15, 0.2) is 0 Å². The van der Waals surface area contributed by atoms with Crippen molar-refractivity contribution in [3.8, 4) is 0 Å². The molecule has 94 valence electrons. The summed E-state index contributed by atoms with van der Waals surface area (Å²) in [6.07, 6.45) is 0. The van der Waals surface area contributed by atoms with E-state index in [-0.39, 0.29) is 23.6 Å². The maximum Gasteiger partial charge on any atom is 0.269 e. The van der Waals surface area contributed by atoms with Gasteiger partial charge in [0.1, 0.15) is 23.1 Å². The Labute approximate surface area is 101 Å². The van der Waals surface area contributed by atoms with Crippen molar-refractivity contribution in [2.75, 3.05) is 5.73 Å². The van der Waals surface area contributed by atoms with Gasteiger partial charge in [-0.25, -0.2) is 8.78 Å². The summed E-state index contributed by atoms with van der Waals surface area (Å²) >= 11 is 0. The van der Waals surface area contributed by atoms with Crippen LogP contribution in [0, 0.1) is 11.6 Å². The number of aromatic amines is 1. The van der Waals surface area contributed by atoms with Gasteiger partial charge in [0, 0.05) is 18.2 Å². The number of nitrogens with one attached hydrogen (secondary N) is 2. The van der Waals surface area contributed by atoms with Crippen molar-refractivity contribution in [3.63, 3.8) is 0 Å². The molecule has 0 spiro atoms. The number of hydrogen-bond donors (Lipinski definition) is 3. The number of carbonyl (C=O) groups is 1. The number of nitrogens with two attached hydrogens (primary N) is 1. The zero-order chi connectivity index (χ0) is 13.1. The van der Waals surface area contributed by atoms with Crippen LogP contribution in [0.25, 0.3) is 0 Å². The van der Waals surface area contributed by atoms with Gasteiger partial charge < -0.3 is 11.1 Å². The van der Waals surface area contributed by atoms with E-state index in [4.69, 9.17) is 5.73 Å². The third kappa shape index (κ3) is 2.62. The first-order valence-corrected chi connectivity index (χ1v) is 5.09. The van der Waals surface area contributed by atoms with Crippen molar-refractivity contribution >= 4 is 11.7 Å². The normalized spacial score (nSPS) is 10.3. The zero-order valence-corrected chi connectivity index (χ0v) is 9.21. The quantitative estimate of drug-likeness (QED) is 0.767. The smallest absolute Gasteiger partial charge is 0.269 e. The van der Waals surface area contributed by atoms with E-state index in [9.17, 15) is 13.6 Å². The number of nitrogens with zero attached hydrogens (tertiary/aromatic N) is 1. The van der Waals surface area contributed by atoms with Gasteiger partial charge in [-0.3, -0.25) is 9.89 Å². The molecule has 1 heterocycles. The van der Waals surface area contributed by atoms with Gasteiger partial charge in [0.25, 0.3) is 5.91 Å². The fourth-order valence-corrected chi connectivity index (χ4v) is 1.40. The number of halogens is 2. The number of aromatic nitrogens is 2. The third-order valence-electron chi connectivity index (χ3n) is 2.29. The number of nitrogen functional groups attached to an aromatic ring is 1. The molecule has 2 aromatic rings. The summed E-state index contributed by atoms with van der Waals surface area (Å²) < 4.78 is 26.2. The Morgan fingerprint density at radius 3 is 2.83 bits per heavy atom. The Hall–Kier alpha value is -2.44. The Morgan fingerprint density at radius 1 is 1.39 bits per heavy atom. The highest BCUT2D eigenvalue weighted by Gasteiger charge is 2.10. The molecule has 0 atom stereocenters. The number of anilines is 1. The molecule has 0 unspecified atom stereocenters. The highest BCUT2D eigenvalue weighted by Crippen LogP contribution is 2.09. The summed E-state index contributed by atoms with van der Waals surface area (Å²) in [5.41, 5.74) is 5.56. The number of benzene rings is 1. The monoisotopic (exact) mass is 252 g/mol. The van der Waals surface area contributed by atoms with Gasteiger partial charge in [-0.1, -0.05) is 0 Å². The average Bonchev–Trinajstić information content (AvgIpc) is 2.77. The van der Waals surface area contributed by atoms with Crippen molar-refractivity contribution in [2.45, 2.75) is 6.54 Å². The summed E-state index contributed by atoms with van der Waals surface area (Å²) in [4.78, 5) is 11.6. The lowest BCUT2D eigenvalue weighted by Gasteiger charge is -2.05. The molecule has 7 heteroatoms. The van der Waals surface area contributed by atoms with Crippen LogP contribution in [0.2, 0.25) is 0 Å². The van der Waals surface area contributed by atoms with E-state index < -0.39 is 17.5 Å². The Balaban J connectivity index is 2.03. The molecule has 0 fully saturated rings. The van der Waals surface area contributed by atoms with Gasteiger partial charge in [-0.15, -0.1) is 0 Å². The van der Waals surface area contributed by atoms with E-state index in [2.05, 4.69) is 15.5 Å². The number of rotatable bonds is 3. The third-order valence-corrected chi connectivity index (χ3v) is 2.29. The van der Waals surface area contributed by atoms with E-state index in [0.717, 1.165) is 18.2 Å². The maximum absolute atomic E-state index is 13.3. The zero-order valence-electron chi connectivity index (χ0n) is 9.21. The van der Waals surface area contributed by atoms with Crippen molar-refractivity contribution in [1.82, 2.24) is 15.5 Å². The summed E-state index contributed by atoms with van der Waals surface area (Å²) in [6, 6.07) is 4.38. The summed E-state index contributed by atoms with van der Waals surface area (Å²) in [7, 11) is 0. The molecule has 0 radical (unpaired) electrons. The van der Waals surface area contributed by atoms with Crippen LogP contribution in [0.4, 0.5) is 14.6 Å². The molecule has 0 aliphatic heterocycles. The molecule has 1 amide bonds. The molecule has 0 bridgehead atoms. The Bertz CT molecular complexity index is 582. The van der Waals surface area contributed by atoms with E-state index in [1.807, 2.05) is 0 Å². The highest BCUT2D eigenvalue weighted by atomic mass is 19.1. The van der Waals surface area contributed by atoms with Gasteiger partial charge in [-0.2, -0.15) is 5.10 Å². The molecular formula is C11H10F2N4O. The second-order valence-corrected chi connectivity index (χ2v) is 3.62. The molecule has 1 aromatic carbocycles. The van der Waals surface area contributed by atoms with Crippen LogP contribution >= 0.6 is 0 Å². The molecule has 4 N–H and O–H groups in total. The molecule has 0 saturated carbocycles. The van der Waals surface area contributed by atoms with Crippen LogP contribution in [-0.4, -0.2) is 16.1 Å². The Kier molecular flexibility index (Phi) is 3.22. The van der Waals surface area contributed by atoms with Crippen molar-refractivity contribution < 1.29 is 13.6 Å². The standard InChI is InChI=1S/C11H10F2N4O/c12-7-1-2-8(13)6(3-7)5-15-11(18)9-4-10(14)17-16-9/h1-4H,5H2,(H,15,18)(H3,14,16,17). The first-order chi connectivity index (χ1) is 8.56. The number of H-pyrrole nitrogens is 1. The molecule has 0 saturated heterocycles. The van der Waals surface area contributed by atoms with E-state index >= 15 is 0 Å². The number of carbonyl (C=O) groups excluding carboxylic acids is 1. The molecule has 5 nitrogen and oxygen atoms in total. The van der Waals surface area contributed by atoms with E-state index in [1.54, 1.807) is 0 Å². The first kappa shape index (κ1) is 12.0. The van der Waals surface area contributed by atoms with Gasteiger partial charge in [0.2, 0.25) is 0 Å². The number of hydrogen-bond acceptors (Lipinski definition) is 3. The van der Waals surface area contributed by atoms with Crippen molar-refractivity contribution in [1.29, 1.82) is 0 Å². The second kappa shape index (κ2) is 4.82. The van der Waals surface area contributed by atoms with E-state index in [1.165, 1.54) is 6.07 Å². The van der Waals surface area contributed by atoms with Crippen LogP contribution in [0.15, 0.2) is 24.3 Å². The number of amides is 1. The lowest BCUT2D eigenvalue weighted by molar-refractivity contribution is 0.0945. The second-order valence-electron chi connectivity index (χ2n) is 3.62. The highest BCUT2D eigenvalue weighted by molar-refractivity contribution is 5.92. The van der Waals surface area contributed by atoms with Gasteiger partial charge in [-0.05, 0) is 18.2 Å². The molecule has 2 rings (SSSR count). The van der Waals surface area contributed by atoms with Gasteiger partial charge in [0.05, 0.1) is 0 Å². The van der Waals surface area contributed by atoms with Crippen LogP contribution in [0.3, 0.4) is 0 Å². The molecule has 1 aromatic heterocycles. The van der Waals surface area contributed by atoms with Crippen LogP contribution < -0.4 is 11.1 Å². The van der Waals surface area contributed by atoms with Crippen LogP contribution in [0.1, 0.15) is 16.1 Å². The fourth-order valence-electron chi connectivity index (χ4n) is 1.40. The summed E-state index contributed by atoms with van der Waals surface area (Å²) in [6.45, 7) is -0.124. The van der Waals surface area contributed by atoms with Crippen LogP contribution in [0.5, 0.6) is 0 Å². The minimum absolute atomic E-state index is 0.0656. The molecular weight excluding hydrogens is 242 g/mol. The summed E-state index contributed by atoms with van der Waals surface area (Å²) in [5.74, 6) is -1.47. The van der Waals surface area contributed by atoms with Crippen molar-refractivity contribution in [3.05, 3.63) is 47.2 Å². The van der Waals surface area contributed by atoms with Gasteiger partial charge >= 0.3 is 0 Å². The summed E-state index contributed by atoms with van der Waals surface area (Å²) in [5, 5.41) is 8.42. The molecule has 0 aliphatic carbocycles. The largest absolute Gasteiger partial charge is 0.382 e. The average molecular weight is 252 g/mol. The van der Waals surface area contributed by atoms with Crippen molar-refractivity contribution in [2.24, 2.45) is 0 Å².